The molecule has 2 N–H and O–H groups in total. The van der Waals surface area contributed by atoms with Gasteiger partial charge in [0.05, 0.1) is 23.1 Å². The first kappa shape index (κ1) is 10.4. The quantitative estimate of drug-likeness (QED) is 0.698. The van der Waals surface area contributed by atoms with Crippen molar-refractivity contribution in [2.75, 3.05) is 5.73 Å². The molecule has 0 atom stereocenters. The van der Waals surface area contributed by atoms with Crippen LogP contribution in [0.5, 0.6) is 0 Å². The van der Waals surface area contributed by atoms with Gasteiger partial charge in [-0.05, 0) is 30.3 Å². The Balaban J connectivity index is 2.29. The smallest absolute Gasteiger partial charge is 0.0882 e. The molecule has 0 aliphatic carbocycles. The molecule has 0 saturated carbocycles. The Morgan fingerprint density at radius 1 is 1.12 bits per heavy atom. The molecule has 0 bridgehead atoms. The van der Waals surface area contributed by atoms with E-state index < -0.39 is 0 Å². The number of aromatic nitrogens is 2. The number of anilines is 1. The van der Waals surface area contributed by atoms with Crippen molar-refractivity contribution in [3.63, 3.8) is 0 Å². The summed E-state index contributed by atoms with van der Waals surface area (Å²) >= 11 is 3.45. The summed E-state index contributed by atoms with van der Waals surface area (Å²) in [6, 6.07) is 13.8. The molecule has 1 heterocycles. The first-order chi connectivity index (χ1) is 8.25. The highest BCUT2D eigenvalue weighted by Gasteiger charge is 2.07. The molecule has 3 rings (SSSR count). The predicted octanol–water partition coefficient (Wildman–Crippen LogP) is 3.37. The second-order valence-corrected chi connectivity index (χ2v) is 4.73. The summed E-state index contributed by atoms with van der Waals surface area (Å²) in [5, 5.41) is 5.47. The zero-order valence-electron chi connectivity index (χ0n) is 8.97. The topological polar surface area (TPSA) is 43.8 Å². The summed E-state index contributed by atoms with van der Waals surface area (Å²) in [4.78, 5) is 0. The Labute approximate surface area is 107 Å². The number of benzene rings is 2. The zero-order valence-corrected chi connectivity index (χ0v) is 10.6. The summed E-state index contributed by atoms with van der Waals surface area (Å²) in [5.74, 6) is 0. The molecule has 0 radical (unpaired) electrons. The van der Waals surface area contributed by atoms with Gasteiger partial charge >= 0.3 is 0 Å². The molecule has 0 spiro atoms. The highest BCUT2D eigenvalue weighted by atomic mass is 79.9. The highest BCUT2D eigenvalue weighted by molar-refractivity contribution is 9.10. The molecule has 0 amide bonds. The number of para-hydroxylation sites is 2. The Kier molecular flexibility index (Phi) is 2.37. The fourth-order valence-electron chi connectivity index (χ4n) is 1.88. The molecule has 3 aromatic rings. The van der Waals surface area contributed by atoms with Crippen LogP contribution in [0.15, 0.2) is 53.1 Å². The van der Waals surface area contributed by atoms with Crippen LogP contribution < -0.4 is 5.73 Å². The van der Waals surface area contributed by atoms with E-state index in [9.17, 15) is 0 Å². The van der Waals surface area contributed by atoms with E-state index in [1.165, 1.54) is 0 Å². The first-order valence-electron chi connectivity index (χ1n) is 5.24. The van der Waals surface area contributed by atoms with Crippen molar-refractivity contribution >= 4 is 32.5 Å². The molecule has 4 heteroatoms. The fraction of sp³-hybridized carbons (Fsp3) is 0. The van der Waals surface area contributed by atoms with Crippen molar-refractivity contribution in [2.24, 2.45) is 0 Å². The number of nitrogens with zero attached hydrogens (tertiary/aromatic N) is 2. The van der Waals surface area contributed by atoms with Crippen LogP contribution in [0.25, 0.3) is 16.6 Å². The van der Waals surface area contributed by atoms with E-state index in [2.05, 4.69) is 21.0 Å². The number of nitrogens with two attached hydrogens (primary N) is 1. The molecule has 0 aliphatic heterocycles. The molecule has 84 valence electrons. The summed E-state index contributed by atoms with van der Waals surface area (Å²) in [6.07, 6.45) is 1.84. The van der Waals surface area contributed by atoms with E-state index >= 15 is 0 Å². The summed E-state index contributed by atoms with van der Waals surface area (Å²) in [7, 11) is 0. The van der Waals surface area contributed by atoms with Gasteiger partial charge in [-0.25, -0.2) is 4.68 Å². The van der Waals surface area contributed by atoms with Gasteiger partial charge in [-0.15, -0.1) is 0 Å². The van der Waals surface area contributed by atoms with E-state index in [0.29, 0.717) is 0 Å². The van der Waals surface area contributed by atoms with Gasteiger partial charge in [-0.2, -0.15) is 5.10 Å². The third-order valence-electron chi connectivity index (χ3n) is 2.69. The van der Waals surface area contributed by atoms with Crippen molar-refractivity contribution in [2.45, 2.75) is 0 Å². The van der Waals surface area contributed by atoms with Crippen LogP contribution in [-0.4, -0.2) is 9.78 Å². The molecule has 1 aromatic heterocycles. The average Bonchev–Trinajstić information content (AvgIpc) is 2.72. The second kappa shape index (κ2) is 3.89. The molecule has 0 saturated heterocycles. The molecule has 17 heavy (non-hydrogen) atoms. The average molecular weight is 288 g/mol. The van der Waals surface area contributed by atoms with Crippen molar-refractivity contribution in [1.29, 1.82) is 0 Å². The van der Waals surface area contributed by atoms with Gasteiger partial charge in [0.2, 0.25) is 0 Å². The van der Waals surface area contributed by atoms with Gasteiger partial charge < -0.3 is 5.73 Å². The lowest BCUT2D eigenvalue weighted by atomic mass is 10.2. The third-order valence-corrected chi connectivity index (χ3v) is 3.19. The second-order valence-electron chi connectivity index (χ2n) is 3.82. The number of nitrogen functional groups attached to an aromatic ring is 1. The number of hydrogen-bond acceptors (Lipinski definition) is 2. The number of halogens is 1. The van der Waals surface area contributed by atoms with Gasteiger partial charge in [0, 0.05) is 9.86 Å². The van der Waals surface area contributed by atoms with Crippen LogP contribution >= 0.6 is 15.9 Å². The molecule has 0 aliphatic rings. The van der Waals surface area contributed by atoms with Gasteiger partial charge in [0.25, 0.3) is 0 Å². The molecular formula is C13H10BrN3. The van der Waals surface area contributed by atoms with E-state index in [0.717, 1.165) is 26.8 Å². The summed E-state index contributed by atoms with van der Waals surface area (Å²) in [5.41, 5.74) is 8.64. The Morgan fingerprint density at radius 3 is 2.76 bits per heavy atom. The van der Waals surface area contributed by atoms with Crippen molar-refractivity contribution in [3.05, 3.63) is 53.1 Å². The highest BCUT2D eigenvalue weighted by Crippen LogP contribution is 2.24. The van der Waals surface area contributed by atoms with Gasteiger partial charge in [0.15, 0.2) is 0 Å². The molecular weight excluding hydrogens is 278 g/mol. The van der Waals surface area contributed by atoms with E-state index in [1.807, 2.05) is 53.3 Å². The molecule has 0 unspecified atom stereocenters. The monoisotopic (exact) mass is 287 g/mol. The van der Waals surface area contributed by atoms with Crippen LogP contribution in [0, 0.1) is 0 Å². The van der Waals surface area contributed by atoms with Gasteiger partial charge in [0.1, 0.15) is 0 Å². The molecule has 0 fully saturated rings. The van der Waals surface area contributed by atoms with Crippen LogP contribution in [0.3, 0.4) is 0 Å². The maximum absolute atomic E-state index is 5.96. The van der Waals surface area contributed by atoms with Crippen molar-refractivity contribution < 1.29 is 0 Å². The van der Waals surface area contributed by atoms with E-state index in [4.69, 9.17) is 5.73 Å². The third kappa shape index (κ3) is 1.70. The Morgan fingerprint density at radius 2 is 1.94 bits per heavy atom. The fourth-order valence-corrected chi connectivity index (χ4v) is 2.25. The minimum atomic E-state index is 0.723. The number of rotatable bonds is 1. The lowest BCUT2D eigenvalue weighted by Crippen LogP contribution is -2.00. The maximum Gasteiger partial charge on any atom is 0.0882 e. The largest absolute Gasteiger partial charge is 0.397 e. The lowest BCUT2D eigenvalue weighted by Gasteiger charge is -2.06. The van der Waals surface area contributed by atoms with Gasteiger partial charge in [-0.3, -0.25) is 0 Å². The Hall–Kier alpha value is -1.81. The predicted molar refractivity (Wildman–Crippen MR) is 73.2 cm³/mol. The van der Waals surface area contributed by atoms with Gasteiger partial charge in [-0.1, -0.05) is 28.1 Å². The van der Waals surface area contributed by atoms with Crippen LogP contribution in [0.4, 0.5) is 5.69 Å². The van der Waals surface area contributed by atoms with E-state index in [-0.39, 0.29) is 0 Å². The summed E-state index contributed by atoms with van der Waals surface area (Å²) < 4.78 is 2.91. The number of hydrogen-bond donors (Lipinski definition) is 1. The number of fused-ring (bicyclic) bond motifs is 1. The normalized spacial score (nSPS) is 10.9. The minimum Gasteiger partial charge on any atom is -0.397 e. The van der Waals surface area contributed by atoms with Crippen LogP contribution in [0.2, 0.25) is 0 Å². The molecule has 2 aromatic carbocycles. The first-order valence-corrected chi connectivity index (χ1v) is 6.03. The van der Waals surface area contributed by atoms with Crippen LogP contribution in [-0.2, 0) is 0 Å². The minimum absolute atomic E-state index is 0.723. The Bertz CT molecular complexity index is 688. The maximum atomic E-state index is 5.96. The molecule has 3 nitrogen and oxygen atoms in total. The van der Waals surface area contributed by atoms with Crippen molar-refractivity contribution in [3.8, 4) is 5.69 Å². The van der Waals surface area contributed by atoms with Crippen molar-refractivity contribution in [1.82, 2.24) is 9.78 Å². The zero-order chi connectivity index (χ0) is 11.8. The van der Waals surface area contributed by atoms with E-state index in [1.54, 1.807) is 0 Å². The SMILES string of the molecule is Nc1ccccc1-n1ncc2cc(Br)ccc21. The lowest BCUT2D eigenvalue weighted by molar-refractivity contribution is 0.913. The standard InChI is InChI=1S/C13H10BrN3/c14-10-5-6-12-9(7-10)8-16-17(12)13-4-2-1-3-11(13)15/h1-8H,15H2. The van der Waals surface area contributed by atoms with Crippen LogP contribution in [0.1, 0.15) is 0 Å². The summed E-state index contributed by atoms with van der Waals surface area (Å²) in [6.45, 7) is 0.